The van der Waals surface area contributed by atoms with E-state index < -0.39 is 0 Å². The lowest BCUT2D eigenvalue weighted by atomic mass is 9.81. The normalized spacial score (nSPS) is 25.1. The molecule has 2 unspecified atom stereocenters. The first-order valence-corrected chi connectivity index (χ1v) is 5.11. The molecule has 0 aromatic carbocycles. The van der Waals surface area contributed by atoms with Crippen molar-refractivity contribution in [1.82, 2.24) is 29.5 Å². The van der Waals surface area contributed by atoms with Gasteiger partial charge in [-0.1, -0.05) is 6.92 Å². The van der Waals surface area contributed by atoms with Gasteiger partial charge in [0.05, 0.1) is 6.04 Å². The van der Waals surface area contributed by atoms with Crippen molar-refractivity contribution < 1.29 is 0 Å². The summed E-state index contributed by atoms with van der Waals surface area (Å²) in [6, 6.07) is 0.477. The van der Waals surface area contributed by atoms with Gasteiger partial charge in [-0.3, -0.25) is 4.57 Å². The third-order valence-electron chi connectivity index (χ3n) is 3.09. The maximum absolute atomic E-state index is 4.27. The highest BCUT2D eigenvalue weighted by molar-refractivity contribution is 5.10. The van der Waals surface area contributed by atoms with Crippen LogP contribution in [0.15, 0.2) is 19.0 Å². The van der Waals surface area contributed by atoms with Crippen LogP contribution in [0.2, 0.25) is 0 Å². The van der Waals surface area contributed by atoms with Crippen molar-refractivity contribution in [2.45, 2.75) is 25.8 Å². The third kappa shape index (κ3) is 1.25. The Morgan fingerprint density at radius 2 is 2.07 bits per heavy atom. The Hall–Kier alpha value is -1.72. The molecule has 1 fully saturated rings. The molecule has 1 aliphatic rings. The summed E-state index contributed by atoms with van der Waals surface area (Å²) in [5, 5.41) is 11.8. The monoisotopic (exact) mass is 204 g/mol. The van der Waals surface area contributed by atoms with E-state index in [1.165, 1.54) is 12.8 Å². The molecule has 1 saturated carbocycles. The molecule has 6 heteroatoms. The van der Waals surface area contributed by atoms with E-state index in [-0.39, 0.29) is 0 Å². The maximum atomic E-state index is 4.27. The lowest BCUT2D eigenvalue weighted by molar-refractivity contribution is 0.184. The molecule has 0 radical (unpaired) electrons. The second-order valence-electron chi connectivity index (χ2n) is 4.00. The van der Waals surface area contributed by atoms with Crippen LogP contribution in [0.3, 0.4) is 0 Å². The zero-order valence-corrected chi connectivity index (χ0v) is 8.48. The van der Waals surface area contributed by atoms with Gasteiger partial charge in [-0.05, 0) is 18.8 Å². The van der Waals surface area contributed by atoms with Crippen LogP contribution in [0.1, 0.15) is 25.8 Å². The molecule has 2 atom stereocenters. The van der Waals surface area contributed by atoms with Gasteiger partial charge < -0.3 is 0 Å². The molecule has 0 aliphatic heterocycles. The Kier molecular flexibility index (Phi) is 1.80. The van der Waals surface area contributed by atoms with Crippen LogP contribution in [0.5, 0.6) is 0 Å². The van der Waals surface area contributed by atoms with E-state index in [0.717, 1.165) is 5.95 Å². The predicted molar refractivity (Wildman–Crippen MR) is 52.4 cm³/mol. The Labute approximate surface area is 87.0 Å². The Balaban J connectivity index is 1.99. The minimum Gasteiger partial charge on any atom is -0.256 e. The molecule has 3 rings (SSSR count). The zero-order chi connectivity index (χ0) is 10.3. The van der Waals surface area contributed by atoms with Crippen molar-refractivity contribution in [3.63, 3.8) is 0 Å². The first-order chi connectivity index (χ1) is 7.36. The molecule has 2 aromatic rings. The molecule has 0 saturated heterocycles. The minimum atomic E-state index is 0.477. The van der Waals surface area contributed by atoms with Crippen LogP contribution >= 0.6 is 0 Å². The fraction of sp³-hybridized carbons (Fsp3) is 0.556. The molecule has 78 valence electrons. The van der Waals surface area contributed by atoms with Crippen LogP contribution in [0.25, 0.3) is 5.95 Å². The second kappa shape index (κ2) is 3.15. The standard InChI is InChI=1S/C9H12N6/c1-7-2-3-8(7)15-9(10-4-13-15)14-5-11-12-6-14/h4-8H,2-3H2,1H3. The summed E-state index contributed by atoms with van der Waals surface area (Å²) in [7, 11) is 0. The van der Waals surface area contributed by atoms with Gasteiger partial charge in [-0.25, -0.2) is 4.68 Å². The minimum absolute atomic E-state index is 0.477. The molecule has 0 amide bonds. The van der Waals surface area contributed by atoms with Gasteiger partial charge in [0.1, 0.15) is 19.0 Å². The third-order valence-corrected chi connectivity index (χ3v) is 3.09. The number of hydrogen-bond acceptors (Lipinski definition) is 4. The molecule has 1 aliphatic carbocycles. The zero-order valence-electron chi connectivity index (χ0n) is 8.48. The number of aromatic nitrogens is 6. The summed E-state index contributed by atoms with van der Waals surface area (Å²) in [5.41, 5.74) is 0. The highest BCUT2D eigenvalue weighted by Gasteiger charge is 2.31. The van der Waals surface area contributed by atoms with Gasteiger partial charge in [0.15, 0.2) is 0 Å². The van der Waals surface area contributed by atoms with Crippen LogP contribution < -0.4 is 0 Å². The van der Waals surface area contributed by atoms with Crippen molar-refractivity contribution in [2.24, 2.45) is 5.92 Å². The van der Waals surface area contributed by atoms with E-state index in [9.17, 15) is 0 Å². The molecule has 2 aromatic heterocycles. The van der Waals surface area contributed by atoms with Crippen LogP contribution in [0.4, 0.5) is 0 Å². The summed E-state index contributed by atoms with van der Waals surface area (Å²) >= 11 is 0. The van der Waals surface area contributed by atoms with E-state index in [0.29, 0.717) is 12.0 Å². The lowest BCUT2D eigenvalue weighted by Crippen LogP contribution is -2.29. The average molecular weight is 204 g/mol. The van der Waals surface area contributed by atoms with Crippen molar-refractivity contribution in [3.8, 4) is 5.95 Å². The first kappa shape index (κ1) is 8.58. The fourth-order valence-corrected chi connectivity index (χ4v) is 1.98. The molecule has 15 heavy (non-hydrogen) atoms. The van der Waals surface area contributed by atoms with Gasteiger partial charge in [0, 0.05) is 0 Å². The number of nitrogens with zero attached hydrogens (tertiary/aromatic N) is 6. The van der Waals surface area contributed by atoms with E-state index >= 15 is 0 Å². The SMILES string of the molecule is CC1CCC1n1ncnc1-n1cnnc1. The van der Waals surface area contributed by atoms with Crippen molar-refractivity contribution in [1.29, 1.82) is 0 Å². The van der Waals surface area contributed by atoms with Crippen LogP contribution in [-0.2, 0) is 0 Å². The highest BCUT2D eigenvalue weighted by Crippen LogP contribution is 2.38. The Morgan fingerprint density at radius 3 is 2.67 bits per heavy atom. The van der Waals surface area contributed by atoms with Crippen molar-refractivity contribution in [3.05, 3.63) is 19.0 Å². The molecular formula is C9H12N6. The predicted octanol–water partition coefficient (Wildman–Crippen LogP) is 0.830. The second-order valence-corrected chi connectivity index (χ2v) is 4.00. The van der Waals surface area contributed by atoms with Gasteiger partial charge in [-0.2, -0.15) is 10.1 Å². The number of rotatable bonds is 2. The highest BCUT2D eigenvalue weighted by atomic mass is 15.4. The van der Waals surface area contributed by atoms with Crippen LogP contribution in [-0.4, -0.2) is 29.5 Å². The van der Waals surface area contributed by atoms with E-state index in [2.05, 4.69) is 27.2 Å². The summed E-state index contributed by atoms with van der Waals surface area (Å²) in [5.74, 6) is 1.48. The van der Waals surface area contributed by atoms with Gasteiger partial charge >= 0.3 is 0 Å². The van der Waals surface area contributed by atoms with Gasteiger partial charge in [0.25, 0.3) is 0 Å². The number of hydrogen-bond donors (Lipinski definition) is 0. The van der Waals surface area contributed by atoms with E-state index in [4.69, 9.17) is 0 Å². The Bertz CT molecular complexity index is 445. The molecule has 0 spiro atoms. The molecular weight excluding hydrogens is 192 g/mol. The fourth-order valence-electron chi connectivity index (χ4n) is 1.98. The van der Waals surface area contributed by atoms with Crippen LogP contribution in [0, 0.1) is 5.92 Å². The molecule has 0 N–H and O–H groups in total. The van der Waals surface area contributed by atoms with Gasteiger partial charge in [-0.15, -0.1) is 10.2 Å². The quantitative estimate of drug-likeness (QED) is 0.727. The topological polar surface area (TPSA) is 61.4 Å². The van der Waals surface area contributed by atoms with E-state index in [1.807, 2.05) is 4.68 Å². The summed E-state index contributed by atoms with van der Waals surface area (Å²) in [4.78, 5) is 4.23. The Morgan fingerprint density at radius 1 is 1.27 bits per heavy atom. The summed E-state index contributed by atoms with van der Waals surface area (Å²) in [6.45, 7) is 2.24. The van der Waals surface area contributed by atoms with Crippen molar-refractivity contribution >= 4 is 0 Å². The maximum Gasteiger partial charge on any atom is 0.234 e. The average Bonchev–Trinajstić information content (AvgIpc) is 2.84. The lowest BCUT2D eigenvalue weighted by Gasteiger charge is -2.34. The summed E-state index contributed by atoms with van der Waals surface area (Å²) in [6.07, 6.45) is 7.32. The van der Waals surface area contributed by atoms with Crippen molar-refractivity contribution in [2.75, 3.05) is 0 Å². The summed E-state index contributed by atoms with van der Waals surface area (Å²) < 4.78 is 3.76. The molecule has 6 nitrogen and oxygen atoms in total. The smallest absolute Gasteiger partial charge is 0.234 e. The molecule has 2 heterocycles. The van der Waals surface area contributed by atoms with Gasteiger partial charge in [0.2, 0.25) is 5.95 Å². The van der Waals surface area contributed by atoms with E-state index in [1.54, 1.807) is 23.5 Å². The first-order valence-electron chi connectivity index (χ1n) is 5.11. The largest absolute Gasteiger partial charge is 0.256 e. The molecule has 0 bridgehead atoms.